The first-order valence-corrected chi connectivity index (χ1v) is 7.24. The highest BCUT2D eigenvalue weighted by Gasteiger charge is 2.36. The van der Waals surface area contributed by atoms with Crippen LogP contribution in [0.2, 0.25) is 0 Å². The van der Waals surface area contributed by atoms with Crippen LogP contribution in [-0.4, -0.2) is 46.3 Å². The van der Waals surface area contributed by atoms with E-state index in [1.165, 1.54) is 38.5 Å². The third-order valence-corrected chi connectivity index (χ3v) is 4.69. The van der Waals surface area contributed by atoms with Gasteiger partial charge in [0.05, 0.1) is 12.8 Å². The van der Waals surface area contributed by atoms with Gasteiger partial charge in [-0.1, -0.05) is 6.42 Å². The van der Waals surface area contributed by atoms with Crippen molar-refractivity contribution in [2.75, 3.05) is 26.2 Å². The highest BCUT2D eigenvalue weighted by Crippen LogP contribution is 2.38. The van der Waals surface area contributed by atoms with Crippen molar-refractivity contribution in [3.8, 4) is 5.75 Å². The molecule has 1 aromatic rings. The van der Waals surface area contributed by atoms with Crippen LogP contribution < -0.4 is 0 Å². The van der Waals surface area contributed by atoms with Gasteiger partial charge in [-0.05, 0) is 36.8 Å². The molecule has 4 heteroatoms. The monoisotopic (exact) mass is 262 g/mol. The van der Waals surface area contributed by atoms with E-state index in [0.717, 1.165) is 24.1 Å². The Morgan fingerprint density at radius 2 is 2.00 bits per heavy atom. The summed E-state index contributed by atoms with van der Waals surface area (Å²) in [5, 5.41) is 18.9. The minimum Gasteiger partial charge on any atom is -0.506 e. The van der Waals surface area contributed by atoms with Crippen LogP contribution in [0.15, 0.2) is 18.3 Å². The number of aromatic hydroxyl groups is 1. The lowest BCUT2D eigenvalue weighted by atomic mass is 10.0. The smallest absolute Gasteiger partial charge is 0.133 e. The molecule has 1 saturated carbocycles. The van der Waals surface area contributed by atoms with Gasteiger partial charge >= 0.3 is 0 Å². The molecule has 1 unspecified atom stereocenters. The van der Waals surface area contributed by atoms with Gasteiger partial charge in [-0.2, -0.15) is 0 Å². The lowest BCUT2D eigenvalue weighted by molar-refractivity contribution is 0.211. The largest absolute Gasteiger partial charge is 0.506 e. The van der Waals surface area contributed by atoms with E-state index in [1.54, 1.807) is 6.07 Å². The van der Waals surface area contributed by atoms with E-state index in [1.807, 2.05) is 6.07 Å². The van der Waals surface area contributed by atoms with Crippen molar-refractivity contribution in [3.63, 3.8) is 0 Å². The standard InChI is InChI=1S/C15H22N2O2/c18-10-13(15-5-4-14(19)6-16-15)9-17-7-11-2-1-3-12(11)8-17/h4-6,11-13,18-19H,1-3,7-10H2/t11-,12+,13?. The van der Waals surface area contributed by atoms with E-state index >= 15 is 0 Å². The maximum absolute atomic E-state index is 9.58. The fourth-order valence-electron chi connectivity index (χ4n) is 3.68. The van der Waals surface area contributed by atoms with E-state index in [-0.39, 0.29) is 18.3 Å². The molecule has 2 aliphatic rings. The summed E-state index contributed by atoms with van der Waals surface area (Å²) in [4.78, 5) is 6.70. The molecule has 3 rings (SSSR count). The van der Waals surface area contributed by atoms with Crippen molar-refractivity contribution in [2.24, 2.45) is 11.8 Å². The molecule has 4 nitrogen and oxygen atoms in total. The van der Waals surface area contributed by atoms with Crippen LogP contribution in [-0.2, 0) is 0 Å². The molecule has 1 aliphatic heterocycles. The predicted octanol–water partition coefficient (Wildman–Crippen LogP) is 1.59. The van der Waals surface area contributed by atoms with Gasteiger partial charge in [-0.3, -0.25) is 4.98 Å². The van der Waals surface area contributed by atoms with Crippen molar-refractivity contribution >= 4 is 0 Å². The Labute approximate surface area is 114 Å². The summed E-state index contributed by atoms with van der Waals surface area (Å²) < 4.78 is 0. The fourth-order valence-corrected chi connectivity index (χ4v) is 3.68. The minimum absolute atomic E-state index is 0.0550. The number of nitrogens with zero attached hydrogens (tertiary/aromatic N) is 2. The van der Waals surface area contributed by atoms with Crippen LogP contribution in [0, 0.1) is 11.8 Å². The number of hydrogen-bond donors (Lipinski definition) is 2. The summed E-state index contributed by atoms with van der Waals surface area (Å²) >= 11 is 0. The van der Waals surface area contributed by atoms with Crippen molar-refractivity contribution < 1.29 is 10.2 Å². The molecule has 0 spiro atoms. The summed E-state index contributed by atoms with van der Waals surface area (Å²) in [5.74, 6) is 2.00. The number of aliphatic hydroxyl groups excluding tert-OH is 1. The number of pyridine rings is 1. The van der Waals surface area contributed by atoms with Gasteiger partial charge < -0.3 is 15.1 Å². The van der Waals surface area contributed by atoms with Crippen LogP contribution in [0.3, 0.4) is 0 Å². The summed E-state index contributed by atoms with van der Waals surface area (Å²) in [5.41, 5.74) is 0.873. The van der Waals surface area contributed by atoms with E-state index in [9.17, 15) is 10.2 Å². The summed E-state index contributed by atoms with van der Waals surface area (Å²) in [6, 6.07) is 3.46. The summed E-state index contributed by atoms with van der Waals surface area (Å²) in [6.07, 6.45) is 5.60. The molecular weight excluding hydrogens is 240 g/mol. The molecule has 2 fully saturated rings. The average Bonchev–Trinajstić information content (AvgIpc) is 2.98. The van der Waals surface area contributed by atoms with E-state index in [4.69, 9.17) is 0 Å². The maximum Gasteiger partial charge on any atom is 0.133 e. The quantitative estimate of drug-likeness (QED) is 0.865. The first-order valence-electron chi connectivity index (χ1n) is 7.24. The second-order valence-corrected chi connectivity index (χ2v) is 5.99. The van der Waals surface area contributed by atoms with E-state index in [0.29, 0.717) is 0 Å². The minimum atomic E-state index is 0.0550. The summed E-state index contributed by atoms with van der Waals surface area (Å²) in [6.45, 7) is 3.35. The Bertz CT molecular complexity index is 409. The van der Waals surface area contributed by atoms with Crippen molar-refractivity contribution in [1.29, 1.82) is 0 Å². The van der Waals surface area contributed by atoms with Crippen LogP contribution in [0.25, 0.3) is 0 Å². The average molecular weight is 262 g/mol. The molecule has 3 atom stereocenters. The number of hydrogen-bond acceptors (Lipinski definition) is 4. The summed E-state index contributed by atoms with van der Waals surface area (Å²) in [7, 11) is 0. The Morgan fingerprint density at radius 3 is 2.58 bits per heavy atom. The molecule has 104 valence electrons. The van der Waals surface area contributed by atoms with Gasteiger partial charge in [0, 0.05) is 31.2 Å². The molecule has 2 N–H and O–H groups in total. The van der Waals surface area contributed by atoms with Crippen molar-refractivity contribution in [3.05, 3.63) is 24.0 Å². The van der Waals surface area contributed by atoms with Crippen LogP contribution >= 0.6 is 0 Å². The molecule has 2 heterocycles. The number of aromatic nitrogens is 1. The number of rotatable bonds is 4. The molecule has 0 bridgehead atoms. The molecule has 1 aliphatic carbocycles. The van der Waals surface area contributed by atoms with E-state index in [2.05, 4.69) is 9.88 Å². The second-order valence-electron chi connectivity index (χ2n) is 5.99. The molecule has 0 radical (unpaired) electrons. The normalized spacial score (nSPS) is 28.5. The molecule has 0 aromatic carbocycles. The van der Waals surface area contributed by atoms with Gasteiger partial charge in [0.2, 0.25) is 0 Å². The first kappa shape index (κ1) is 12.9. The van der Waals surface area contributed by atoms with E-state index < -0.39 is 0 Å². The van der Waals surface area contributed by atoms with Crippen molar-refractivity contribution in [2.45, 2.75) is 25.2 Å². The Morgan fingerprint density at radius 1 is 1.26 bits per heavy atom. The number of fused-ring (bicyclic) bond motifs is 1. The van der Waals surface area contributed by atoms with Crippen LogP contribution in [0.5, 0.6) is 5.75 Å². The molecule has 1 aromatic heterocycles. The third-order valence-electron chi connectivity index (χ3n) is 4.69. The second kappa shape index (κ2) is 5.47. The van der Waals surface area contributed by atoms with Gasteiger partial charge in [-0.25, -0.2) is 0 Å². The zero-order valence-electron chi connectivity index (χ0n) is 11.2. The number of aliphatic hydroxyl groups is 1. The van der Waals surface area contributed by atoms with Crippen LogP contribution in [0.1, 0.15) is 30.9 Å². The highest BCUT2D eigenvalue weighted by molar-refractivity contribution is 5.20. The molecule has 19 heavy (non-hydrogen) atoms. The number of likely N-dealkylation sites (tertiary alicyclic amines) is 1. The molecular formula is C15H22N2O2. The van der Waals surface area contributed by atoms with Crippen LogP contribution in [0.4, 0.5) is 0 Å². The third kappa shape index (κ3) is 2.74. The maximum atomic E-state index is 9.58. The Kier molecular flexibility index (Phi) is 3.71. The van der Waals surface area contributed by atoms with Gasteiger partial charge in [-0.15, -0.1) is 0 Å². The zero-order valence-corrected chi connectivity index (χ0v) is 11.2. The van der Waals surface area contributed by atoms with Gasteiger partial charge in [0.25, 0.3) is 0 Å². The van der Waals surface area contributed by atoms with Crippen molar-refractivity contribution in [1.82, 2.24) is 9.88 Å². The lowest BCUT2D eigenvalue weighted by Gasteiger charge is -2.22. The highest BCUT2D eigenvalue weighted by atomic mass is 16.3. The fraction of sp³-hybridized carbons (Fsp3) is 0.667. The lowest BCUT2D eigenvalue weighted by Crippen LogP contribution is -2.29. The SMILES string of the molecule is OCC(CN1C[C@H]2CCC[C@H]2C1)c1ccc(O)cn1. The van der Waals surface area contributed by atoms with Gasteiger partial charge in [0.15, 0.2) is 0 Å². The zero-order chi connectivity index (χ0) is 13.2. The Balaban J connectivity index is 1.62. The Hall–Kier alpha value is -1.13. The molecule has 1 saturated heterocycles. The topological polar surface area (TPSA) is 56.6 Å². The first-order chi connectivity index (χ1) is 9.26. The predicted molar refractivity (Wildman–Crippen MR) is 73.0 cm³/mol. The molecule has 0 amide bonds. The van der Waals surface area contributed by atoms with Gasteiger partial charge in [0.1, 0.15) is 5.75 Å².